The van der Waals surface area contributed by atoms with Crippen LogP contribution < -0.4 is 10.2 Å². The lowest BCUT2D eigenvalue weighted by Crippen LogP contribution is -2.45. The first-order valence-corrected chi connectivity index (χ1v) is 9.22. The van der Waals surface area contributed by atoms with Gasteiger partial charge in [-0.3, -0.25) is 4.79 Å². The highest BCUT2D eigenvalue weighted by molar-refractivity contribution is 6.30. The maximum absolute atomic E-state index is 12.2. The minimum absolute atomic E-state index is 0.113. The normalized spacial score (nSPS) is 15.4. The number of nitrogens with one attached hydrogen (secondary N) is 1. The van der Waals surface area contributed by atoms with Gasteiger partial charge in [-0.1, -0.05) is 41.9 Å². The molecule has 0 aromatic heterocycles. The maximum atomic E-state index is 12.2. The van der Waals surface area contributed by atoms with Gasteiger partial charge in [-0.2, -0.15) is 0 Å². The van der Waals surface area contributed by atoms with Crippen molar-refractivity contribution in [2.24, 2.45) is 0 Å². The van der Waals surface area contributed by atoms with Crippen molar-refractivity contribution in [3.8, 4) is 0 Å². The van der Waals surface area contributed by atoms with Crippen LogP contribution in [0.15, 0.2) is 54.6 Å². The summed E-state index contributed by atoms with van der Waals surface area (Å²) in [5.74, 6) is -0.113. The molecule has 0 radical (unpaired) electrons. The number of likely N-dealkylation sites (N-methyl/N-ethyl adjacent to an activating group) is 1. The predicted octanol–water partition coefficient (Wildman–Crippen LogP) is 3.42. The summed E-state index contributed by atoms with van der Waals surface area (Å²) in [6, 6.07) is 15.7. The number of carbonyl (C=O) groups excluding carboxylic acids is 1. The Labute approximate surface area is 160 Å². The van der Waals surface area contributed by atoms with E-state index in [4.69, 9.17) is 11.6 Å². The van der Waals surface area contributed by atoms with Crippen molar-refractivity contribution in [1.29, 1.82) is 0 Å². The number of nitrogens with zero attached hydrogens (tertiary/aromatic N) is 2. The first kappa shape index (κ1) is 18.5. The Kier molecular flexibility index (Phi) is 6.31. The van der Waals surface area contributed by atoms with Crippen molar-refractivity contribution in [1.82, 2.24) is 10.2 Å². The van der Waals surface area contributed by atoms with E-state index in [1.54, 1.807) is 12.2 Å². The molecule has 0 saturated carbocycles. The second-order valence-electron chi connectivity index (χ2n) is 6.53. The van der Waals surface area contributed by atoms with E-state index >= 15 is 0 Å². The molecule has 5 heteroatoms. The van der Waals surface area contributed by atoms with E-state index in [0.29, 0.717) is 11.6 Å². The highest BCUT2D eigenvalue weighted by Crippen LogP contribution is 2.21. The zero-order valence-electron chi connectivity index (χ0n) is 15.0. The molecule has 1 aliphatic heterocycles. The standard InChI is InChI=1S/C21H24ClN3O/c1-24-11-13-25(14-12-24)20-8-3-2-6-18(20)16-23-21(26)10-9-17-5-4-7-19(22)15-17/h2-10,15H,11-14,16H2,1H3,(H,23,26)/b10-9+. The lowest BCUT2D eigenvalue weighted by Gasteiger charge is -2.35. The second-order valence-corrected chi connectivity index (χ2v) is 6.96. The summed E-state index contributed by atoms with van der Waals surface area (Å²) >= 11 is 5.96. The SMILES string of the molecule is CN1CCN(c2ccccc2CNC(=O)/C=C/c2cccc(Cl)c2)CC1. The van der Waals surface area contributed by atoms with Crippen molar-refractivity contribution in [2.75, 3.05) is 38.1 Å². The molecule has 26 heavy (non-hydrogen) atoms. The molecule has 1 heterocycles. The molecule has 2 aromatic carbocycles. The summed E-state index contributed by atoms with van der Waals surface area (Å²) in [7, 11) is 2.15. The number of hydrogen-bond acceptors (Lipinski definition) is 3. The summed E-state index contributed by atoms with van der Waals surface area (Å²) in [6.45, 7) is 4.65. The van der Waals surface area contributed by atoms with Crippen molar-refractivity contribution >= 4 is 29.3 Å². The quantitative estimate of drug-likeness (QED) is 0.820. The van der Waals surface area contributed by atoms with Crippen LogP contribution in [0.2, 0.25) is 5.02 Å². The molecular weight excluding hydrogens is 346 g/mol. The number of hydrogen-bond donors (Lipinski definition) is 1. The van der Waals surface area contributed by atoms with Crippen molar-refractivity contribution < 1.29 is 4.79 Å². The van der Waals surface area contributed by atoms with Crippen LogP contribution in [0.5, 0.6) is 0 Å². The van der Waals surface area contributed by atoms with Crippen LogP contribution in [-0.4, -0.2) is 44.0 Å². The third kappa shape index (κ3) is 5.10. The van der Waals surface area contributed by atoms with Crippen molar-refractivity contribution in [3.05, 3.63) is 70.8 Å². The van der Waals surface area contributed by atoms with Gasteiger partial charge in [0.1, 0.15) is 0 Å². The number of amides is 1. The molecule has 1 saturated heterocycles. The lowest BCUT2D eigenvalue weighted by atomic mass is 10.1. The number of para-hydroxylation sites is 1. The molecule has 0 unspecified atom stereocenters. The first-order chi connectivity index (χ1) is 12.6. The Morgan fingerprint density at radius 3 is 2.65 bits per heavy atom. The highest BCUT2D eigenvalue weighted by Gasteiger charge is 2.16. The number of rotatable bonds is 5. The van der Waals surface area contributed by atoms with Gasteiger partial charge in [0.15, 0.2) is 0 Å². The maximum Gasteiger partial charge on any atom is 0.244 e. The molecule has 3 rings (SSSR count). The van der Waals surface area contributed by atoms with E-state index < -0.39 is 0 Å². The highest BCUT2D eigenvalue weighted by atomic mass is 35.5. The second kappa shape index (κ2) is 8.88. The monoisotopic (exact) mass is 369 g/mol. The Morgan fingerprint density at radius 1 is 1.12 bits per heavy atom. The van der Waals surface area contributed by atoms with E-state index in [2.05, 4.69) is 40.4 Å². The minimum Gasteiger partial charge on any atom is -0.369 e. The van der Waals surface area contributed by atoms with Crippen molar-refractivity contribution in [3.63, 3.8) is 0 Å². The molecule has 1 amide bonds. The Balaban J connectivity index is 1.60. The molecule has 136 valence electrons. The summed E-state index contributed by atoms with van der Waals surface area (Å²) in [6.07, 6.45) is 3.32. The third-order valence-electron chi connectivity index (χ3n) is 4.56. The van der Waals surface area contributed by atoms with Crippen LogP contribution in [0.4, 0.5) is 5.69 Å². The van der Waals surface area contributed by atoms with Crippen LogP contribution >= 0.6 is 11.6 Å². The zero-order valence-corrected chi connectivity index (χ0v) is 15.7. The molecule has 0 atom stereocenters. The topological polar surface area (TPSA) is 35.6 Å². The minimum atomic E-state index is -0.113. The van der Waals surface area contributed by atoms with Gasteiger partial charge >= 0.3 is 0 Å². The molecule has 0 spiro atoms. The number of piperazine rings is 1. The Bertz CT molecular complexity index is 782. The number of carbonyl (C=O) groups is 1. The van der Waals surface area contributed by atoms with Gasteiger partial charge < -0.3 is 15.1 Å². The van der Waals surface area contributed by atoms with Crippen LogP contribution in [0.25, 0.3) is 6.08 Å². The zero-order chi connectivity index (χ0) is 18.4. The van der Waals surface area contributed by atoms with Crippen LogP contribution in [0.3, 0.4) is 0 Å². The van der Waals surface area contributed by atoms with Gasteiger partial charge in [0.05, 0.1) is 0 Å². The van der Waals surface area contributed by atoms with Crippen LogP contribution in [-0.2, 0) is 11.3 Å². The molecule has 4 nitrogen and oxygen atoms in total. The molecule has 0 aliphatic carbocycles. The largest absolute Gasteiger partial charge is 0.369 e. The van der Waals surface area contributed by atoms with Gasteiger partial charge in [-0.15, -0.1) is 0 Å². The fraction of sp³-hybridized carbons (Fsp3) is 0.286. The summed E-state index contributed by atoms with van der Waals surface area (Å²) < 4.78 is 0. The van der Waals surface area contributed by atoms with Gasteiger partial charge in [-0.05, 0) is 42.4 Å². The molecular formula is C21H24ClN3O. The van der Waals surface area contributed by atoms with Gasteiger partial charge in [0.2, 0.25) is 5.91 Å². The van der Waals surface area contributed by atoms with E-state index in [0.717, 1.165) is 37.3 Å². The van der Waals surface area contributed by atoms with Crippen LogP contribution in [0, 0.1) is 0 Å². The van der Waals surface area contributed by atoms with E-state index in [1.165, 1.54) is 5.69 Å². The Morgan fingerprint density at radius 2 is 1.88 bits per heavy atom. The van der Waals surface area contributed by atoms with Gasteiger partial charge in [-0.25, -0.2) is 0 Å². The summed E-state index contributed by atoms with van der Waals surface area (Å²) in [5.41, 5.74) is 3.26. The molecule has 2 aromatic rings. The molecule has 1 fully saturated rings. The van der Waals surface area contributed by atoms with E-state index in [9.17, 15) is 4.79 Å². The molecule has 0 bridgehead atoms. The smallest absolute Gasteiger partial charge is 0.244 e. The number of benzene rings is 2. The van der Waals surface area contributed by atoms with Crippen LogP contribution in [0.1, 0.15) is 11.1 Å². The Hall–Kier alpha value is -2.30. The lowest BCUT2D eigenvalue weighted by molar-refractivity contribution is -0.116. The fourth-order valence-corrected chi connectivity index (χ4v) is 3.24. The van der Waals surface area contributed by atoms with Gasteiger partial charge in [0.25, 0.3) is 0 Å². The number of halogens is 1. The molecule has 1 aliphatic rings. The van der Waals surface area contributed by atoms with Crippen molar-refractivity contribution in [2.45, 2.75) is 6.54 Å². The summed E-state index contributed by atoms with van der Waals surface area (Å²) in [5, 5.41) is 3.64. The average molecular weight is 370 g/mol. The first-order valence-electron chi connectivity index (χ1n) is 8.85. The van der Waals surface area contributed by atoms with E-state index in [-0.39, 0.29) is 5.91 Å². The fourth-order valence-electron chi connectivity index (χ4n) is 3.04. The summed E-state index contributed by atoms with van der Waals surface area (Å²) in [4.78, 5) is 16.9. The van der Waals surface area contributed by atoms with E-state index in [1.807, 2.05) is 30.3 Å². The molecule has 1 N–H and O–H groups in total. The van der Waals surface area contributed by atoms with Gasteiger partial charge in [0, 0.05) is 49.5 Å². The number of anilines is 1. The predicted molar refractivity (Wildman–Crippen MR) is 108 cm³/mol. The third-order valence-corrected chi connectivity index (χ3v) is 4.80. The average Bonchev–Trinajstić information content (AvgIpc) is 2.66.